The van der Waals surface area contributed by atoms with E-state index in [0.29, 0.717) is 0 Å². The fraction of sp³-hybridized carbons (Fsp3) is 1.00. The lowest BCUT2D eigenvalue weighted by Crippen LogP contribution is -2.67. The third kappa shape index (κ3) is 7.44. The molecule has 4 heterocycles. The van der Waals surface area contributed by atoms with E-state index in [0.717, 1.165) is 0 Å². The number of aliphatic hydroxyl groups excluding tert-OH is 14. The van der Waals surface area contributed by atoms with E-state index in [1.54, 1.807) is 0 Å². The van der Waals surface area contributed by atoms with Crippen LogP contribution in [-0.4, -0.2) is 221 Å². The quantitative estimate of drug-likeness (QED) is 0.103. The van der Waals surface area contributed by atoms with Crippen LogP contribution in [-0.2, 0) is 33.2 Å². The van der Waals surface area contributed by atoms with Gasteiger partial charge in [-0.05, 0) is 0 Å². The maximum atomic E-state index is 10.9. The second-order valence-corrected chi connectivity index (χ2v) is 11.1. The molecule has 20 atom stereocenters. The van der Waals surface area contributed by atoms with E-state index in [1.807, 2.05) is 0 Å². The molecule has 0 aliphatic carbocycles. The fourth-order valence-corrected chi connectivity index (χ4v) is 5.52. The molecule has 45 heavy (non-hydrogen) atoms. The van der Waals surface area contributed by atoms with Crippen LogP contribution in [0.3, 0.4) is 0 Å². The molecule has 0 radical (unpaired) electrons. The zero-order valence-electron chi connectivity index (χ0n) is 23.5. The van der Waals surface area contributed by atoms with E-state index < -0.39 is 149 Å². The molecule has 0 spiro atoms. The Labute approximate surface area is 254 Å². The maximum Gasteiger partial charge on any atom is 0.187 e. The van der Waals surface area contributed by atoms with E-state index >= 15 is 0 Å². The Hall–Kier alpha value is -0.840. The third-order valence-corrected chi connectivity index (χ3v) is 8.21. The van der Waals surface area contributed by atoms with Crippen LogP contribution in [0.1, 0.15) is 0 Å². The Balaban J connectivity index is 1.52. The molecule has 4 saturated heterocycles. The van der Waals surface area contributed by atoms with Crippen molar-refractivity contribution in [2.45, 2.75) is 123 Å². The molecule has 4 aliphatic heterocycles. The number of hydrogen-bond donors (Lipinski definition) is 14. The van der Waals surface area contributed by atoms with Crippen molar-refractivity contribution < 1.29 is 105 Å². The summed E-state index contributed by atoms with van der Waals surface area (Å²) in [6, 6.07) is 0. The first-order chi connectivity index (χ1) is 21.3. The van der Waals surface area contributed by atoms with Crippen molar-refractivity contribution in [1.82, 2.24) is 0 Å². The van der Waals surface area contributed by atoms with E-state index in [-0.39, 0.29) is 0 Å². The van der Waals surface area contributed by atoms with Gasteiger partial charge in [0.1, 0.15) is 97.7 Å². The zero-order chi connectivity index (χ0) is 33.3. The first kappa shape index (κ1) is 37.0. The van der Waals surface area contributed by atoms with Gasteiger partial charge in [-0.25, -0.2) is 0 Å². The lowest BCUT2D eigenvalue weighted by atomic mass is 9.95. The highest BCUT2D eigenvalue weighted by molar-refractivity contribution is 4.97. The molecule has 0 aromatic heterocycles. The molecule has 0 aromatic carbocycles. The molecule has 0 amide bonds. The Kier molecular flexibility index (Phi) is 12.8. The Bertz CT molecular complexity index is 912. The SMILES string of the molecule is OC[C@H]1O[C@@H](O[C@@H]2[C@@H](O[C@@H]3O[C@H](CO)[C@H](O[C@@H]4O[C@H](CO)[C@H](O)[C@H](O)[C@H]4O)[C@H](O)[C@H]3O)[C@@H](O)[C@@H](CO)O[C@H]2O)[C@H](O)[C@@H](O)[C@H]1O. The van der Waals surface area contributed by atoms with Gasteiger partial charge in [0, 0.05) is 0 Å². The van der Waals surface area contributed by atoms with Gasteiger partial charge < -0.3 is 105 Å². The van der Waals surface area contributed by atoms with Crippen LogP contribution in [0.5, 0.6) is 0 Å². The van der Waals surface area contributed by atoms with Gasteiger partial charge in [-0.2, -0.15) is 0 Å². The number of rotatable bonds is 10. The minimum atomic E-state index is -2.07. The van der Waals surface area contributed by atoms with Gasteiger partial charge in [0.05, 0.1) is 26.4 Å². The summed E-state index contributed by atoms with van der Waals surface area (Å²) in [6.07, 6.45) is -35.9. The van der Waals surface area contributed by atoms with Crippen LogP contribution in [0.2, 0.25) is 0 Å². The van der Waals surface area contributed by atoms with E-state index in [2.05, 4.69) is 0 Å². The summed E-state index contributed by atoms with van der Waals surface area (Å²) < 4.78 is 37.9. The molecule has 0 unspecified atom stereocenters. The van der Waals surface area contributed by atoms with Gasteiger partial charge >= 0.3 is 0 Å². The van der Waals surface area contributed by atoms with Gasteiger partial charge in [0.2, 0.25) is 0 Å². The van der Waals surface area contributed by atoms with Crippen LogP contribution in [0.4, 0.5) is 0 Å². The lowest BCUT2D eigenvalue weighted by molar-refractivity contribution is -0.395. The smallest absolute Gasteiger partial charge is 0.187 e. The Morgan fingerprint density at radius 3 is 1.13 bits per heavy atom. The minimum absolute atomic E-state index is 0.795. The second-order valence-electron chi connectivity index (χ2n) is 11.1. The highest BCUT2D eigenvalue weighted by Gasteiger charge is 2.55. The molecule has 0 saturated carbocycles. The Morgan fingerprint density at radius 1 is 0.333 bits per heavy atom. The summed E-state index contributed by atoms with van der Waals surface area (Å²) in [5, 5.41) is 143. The summed E-state index contributed by atoms with van der Waals surface area (Å²) in [4.78, 5) is 0. The highest BCUT2D eigenvalue weighted by atomic mass is 16.8. The number of ether oxygens (including phenoxy) is 7. The van der Waals surface area contributed by atoms with Crippen LogP contribution in [0.15, 0.2) is 0 Å². The van der Waals surface area contributed by atoms with Crippen LogP contribution >= 0.6 is 0 Å². The number of aliphatic hydroxyl groups is 14. The third-order valence-electron chi connectivity index (χ3n) is 8.21. The van der Waals surface area contributed by atoms with Crippen LogP contribution in [0, 0.1) is 0 Å². The average molecular weight is 667 g/mol. The maximum absolute atomic E-state index is 10.9. The standard InChI is InChI=1S/C24H42O21/c25-1-5-9(29)12(32)15(35)22(40-5)43-18-8(4-28)42-24(17(37)14(18)34)44-19-11(31)7(3-27)39-21(38)20(19)45-23-16(36)13(33)10(30)6(2-26)41-23/h5-38H,1-4H2/t5-,6-,7-,8-,9+,10+,11+,12+,13+,14-,15-,16-,17-,18+,19+,20-,21-,22+,23+,24+/m1/s1. The Morgan fingerprint density at radius 2 is 0.689 bits per heavy atom. The zero-order valence-corrected chi connectivity index (χ0v) is 23.5. The first-order valence-electron chi connectivity index (χ1n) is 14.1. The molecule has 0 bridgehead atoms. The molecule has 21 nitrogen and oxygen atoms in total. The van der Waals surface area contributed by atoms with Crippen molar-refractivity contribution in [3.63, 3.8) is 0 Å². The summed E-state index contributed by atoms with van der Waals surface area (Å²) in [6.45, 7) is -3.40. The van der Waals surface area contributed by atoms with Gasteiger partial charge in [-0.15, -0.1) is 0 Å². The second kappa shape index (κ2) is 15.6. The van der Waals surface area contributed by atoms with Crippen molar-refractivity contribution >= 4 is 0 Å². The molecule has 14 N–H and O–H groups in total. The van der Waals surface area contributed by atoms with Gasteiger partial charge in [0.15, 0.2) is 25.2 Å². The van der Waals surface area contributed by atoms with Gasteiger partial charge in [0.25, 0.3) is 0 Å². The van der Waals surface area contributed by atoms with Crippen molar-refractivity contribution in [3.05, 3.63) is 0 Å². The lowest BCUT2D eigenvalue weighted by Gasteiger charge is -2.49. The van der Waals surface area contributed by atoms with Crippen molar-refractivity contribution in [3.8, 4) is 0 Å². The molecular formula is C24H42O21. The van der Waals surface area contributed by atoms with Crippen molar-refractivity contribution in [1.29, 1.82) is 0 Å². The predicted molar refractivity (Wildman–Crippen MR) is 134 cm³/mol. The fourth-order valence-electron chi connectivity index (χ4n) is 5.52. The van der Waals surface area contributed by atoms with Gasteiger partial charge in [-0.3, -0.25) is 0 Å². The summed E-state index contributed by atoms with van der Waals surface area (Å²) in [5.74, 6) is 0. The number of hydrogen-bond acceptors (Lipinski definition) is 21. The average Bonchev–Trinajstić information content (AvgIpc) is 3.03. The molecule has 264 valence electrons. The van der Waals surface area contributed by atoms with Crippen LogP contribution in [0.25, 0.3) is 0 Å². The normalized spacial score (nSPS) is 52.9. The van der Waals surface area contributed by atoms with Crippen molar-refractivity contribution in [2.75, 3.05) is 26.4 Å². The van der Waals surface area contributed by atoms with E-state index in [9.17, 15) is 71.5 Å². The molecule has 4 aliphatic rings. The minimum Gasteiger partial charge on any atom is -0.394 e. The monoisotopic (exact) mass is 666 g/mol. The highest BCUT2D eigenvalue weighted by Crippen LogP contribution is 2.34. The topological polar surface area (TPSA) is 348 Å². The van der Waals surface area contributed by atoms with Crippen LogP contribution < -0.4 is 0 Å². The largest absolute Gasteiger partial charge is 0.394 e. The molecule has 4 rings (SSSR count). The molecule has 4 fully saturated rings. The summed E-state index contributed by atoms with van der Waals surface area (Å²) in [7, 11) is 0. The molecule has 0 aromatic rings. The van der Waals surface area contributed by atoms with Crippen molar-refractivity contribution in [2.24, 2.45) is 0 Å². The van der Waals surface area contributed by atoms with Gasteiger partial charge in [-0.1, -0.05) is 0 Å². The van der Waals surface area contributed by atoms with E-state index in [4.69, 9.17) is 33.2 Å². The summed E-state index contributed by atoms with van der Waals surface area (Å²) >= 11 is 0. The predicted octanol–water partition coefficient (Wildman–Crippen LogP) is -9.75. The molecule has 21 heteroatoms. The first-order valence-corrected chi connectivity index (χ1v) is 14.1. The van der Waals surface area contributed by atoms with E-state index in [1.165, 1.54) is 0 Å². The molecular weight excluding hydrogens is 624 g/mol. The summed E-state index contributed by atoms with van der Waals surface area (Å²) in [5.41, 5.74) is 0.